The fraction of sp³-hybridized carbons (Fsp3) is 0.440. The van der Waals surface area contributed by atoms with E-state index in [9.17, 15) is 14.7 Å². The van der Waals surface area contributed by atoms with Crippen molar-refractivity contribution in [1.82, 2.24) is 5.32 Å². The highest BCUT2D eigenvalue weighted by atomic mass is 35.5. The third-order valence-electron chi connectivity index (χ3n) is 6.12. The maximum absolute atomic E-state index is 13.0. The number of aliphatic hydroxyl groups excluding tert-OH is 1. The van der Waals surface area contributed by atoms with Crippen molar-refractivity contribution < 1.29 is 28.8 Å². The molecule has 0 radical (unpaired) electrons. The van der Waals surface area contributed by atoms with Crippen molar-refractivity contribution in [2.24, 2.45) is 5.41 Å². The number of hydrogen-bond acceptors (Lipinski definition) is 7. The lowest BCUT2D eigenvalue weighted by Crippen LogP contribution is -2.41. The number of fused-ring (bicyclic) bond motifs is 3. The molecular formula is C25H30ClNO7. The molecule has 2 aromatic carbocycles. The standard InChI is InChI=1S/C25H30ClNO7/c1-25(2,12-28)24(30)27-16-9-7-14-19(13-8-10-18(31-3)17(29)11-15(13)16)21(32-4)23(34-6)22(33-5)20(14)26/h8,10-11,16,28H,7,9,12H2,1-6H3,(H,27,30)/t16-/m0/s1. The molecule has 2 N–H and O–H groups in total. The van der Waals surface area contributed by atoms with Gasteiger partial charge in [-0.3, -0.25) is 9.59 Å². The molecule has 0 fully saturated rings. The quantitative estimate of drug-likeness (QED) is 0.610. The minimum atomic E-state index is -1.00. The first-order chi connectivity index (χ1) is 16.1. The van der Waals surface area contributed by atoms with E-state index in [0.29, 0.717) is 51.8 Å². The summed E-state index contributed by atoms with van der Waals surface area (Å²) in [5, 5.41) is 13.0. The summed E-state index contributed by atoms with van der Waals surface area (Å²) in [6, 6.07) is 4.25. The van der Waals surface area contributed by atoms with Crippen LogP contribution in [0.2, 0.25) is 5.02 Å². The first-order valence-electron chi connectivity index (χ1n) is 10.8. The van der Waals surface area contributed by atoms with Crippen LogP contribution in [0.25, 0.3) is 11.1 Å². The number of benzene rings is 1. The smallest absolute Gasteiger partial charge is 0.228 e. The number of nitrogens with one attached hydrogen (secondary N) is 1. The molecule has 9 heteroatoms. The van der Waals surface area contributed by atoms with Crippen molar-refractivity contribution in [2.75, 3.05) is 35.0 Å². The first-order valence-corrected chi connectivity index (χ1v) is 11.2. The molecule has 184 valence electrons. The van der Waals surface area contributed by atoms with E-state index in [1.54, 1.807) is 26.0 Å². The van der Waals surface area contributed by atoms with Gasteiger partial charge < -0.3 is 29.4 Å². The van der Waals surface area contributed by atoms with Gasteiger partial charge in [0.2, 0.25) is 17.1 Å². The van der Waals surface area contributed by atoms with Crippen LogP contribution in [0.15, 0.2) is 23.0 Å². The van der Waals surface area contributed by atoms with E-state index in [1.807, 2.05) is 0 Å². The molecule has 0 spiro atoms. The molecule has 1 atom stereocenters. The Morgan fingerprint density at radius 3 is 2.29 bits per heavy atom. The molecule has 8 nitrogen and oxygen atoms in total. The van der Waals surface area contributed by atoms with Crippen LogP contribution < -0.4 is 29.7 Å². The second-order valence-electron chi connectivity index (χ2n) is 8.65. The second-order valence-corrected chi connectivity index (χ2v) is 9.03. The summed E-state index contributed by atoms with van der Waals surface area (Å²) in [4.78, 5) is 25.9. The molecule has 0 aliphatic heterocycles. The Balaban J connectivity index is 2.38. The van der Waals surface area contributed by atoms with Gasteiger partial charge in [-0.25, -0.2) is 0 Å². The lowest BCUT2D eigenvalue weighted by Gasteiger charge is -2.26. The number of carbonyl (C=O) groups excluding carboxylic acids is 1. The van der Waals surface area contributed by atoms with Crippen LogP contribution >= 0.6 is 11.6 Å². The Hall–Kier alpha value is -2.97. The monoisotopic (exact) mass is 491 g/mol. The topological polar surface area (TPSA) is 103 Å². The number of halogens is 1. The normalized spacial score (nSPS) is 14.9. The zero-order valence-corrected chi connectivity index (χ0v) is 21.0. The van der Waals surface area contributed by atoms with Gasteiger partial charge in [-0.2, -0.15) is 0 Å². The Bertz CT molecular complexity index is 1160. The number of ether oxygens (including phenoxy) is 4. The summed E-state index contributed by atoms with van der Waals surface area (Å²) in [7, 11) is 5.92. The maximum atomic E-state index is 13.0. The van der Waals surface area contributed by atoms with E-state index >= 15 is 0 Å². The van der Waals surface area contributed by atoms with Crippen LogP contribution in [0.3, 0.4) is 0 Å². The zero-order chi connectivity index (χ0) is 25.2. The van der Waals surface area contributed by atoms with Crippen LogP contribution in [0.4, 0.5) is 0 Å². The molecule has 0 bridgehead atoms. The molecular weight excluding hydrogens is 462 g/mol. The third-order valence-corrected chi connectivity index (χ3v) is 6.52. The van der Waals surface area contributed by atoms with Gasteiger partial charge >= 0.3 is 0 Å². The van der Waals surface area contributed by atoms with E-state index in [1.165, 1.54) is 34.5 Å². The average Bonchev–Trinajstić information content (AvgIpc) is 3.07. The van der Waals surface area contributed by atoms with Crippen molar-refractivity contribution >= 4 is 17.5 Å². The molecule has 1 amide bonds. The second kappa shape index (κ2) is 10.1. The molecule has 2 aromatic rings. The minimum Gasteiger partial charge on any atom is -0.493 e. The number of amides is 1. The van der Waals surface area contributed by atoms with Gasteiger partial charge in [-0.05, 0) is 55.5 Å². The molecule has 0 unspecified atom stereocenters. The van der Waals surface area contributed by atoms with Gasteiger partial charge in [-0.15, -0.1) is 0 Å². The lowest BCUT2D eigenvalue weighted by atomic mass is 9.91. The number of methoxy groups -OCH3 is 4. The molecule has 3 rings (SSSR count). The third kappa shape index (κ3) is 4.40. The van der Waals surface area contributed by atoms with E-state index in [4.69, 9.17) is 30.5 Å². The summed E-state index contributed by atoms with van der Waals surface area (Å²) in [6.45, 7) is 2.98. The zero-order valence-electron chi connectivity index (χ0n) is 20.2. The van der Waals surface area contributed by atoms with Crippen LogP contribution in [-0.2, 0) is 11.2 Å². The Labute approximate surface area is 203 Å². The maximum Gasteiger partial charge on any atom is 0.228 e. The molecule has 34 heavy (non-hydrogen) atoms. The molecule has 0 heterocycles. The van der Waals surface area contributed by atoms with Gasteiger partial charge in [0.25, 0.3) is 0 Å². The van der Waals surface area contributed by atoms with Gasteiger partial charge in [-0.1, -0.05) is 17.7 Å². The highest BCUT2D eigenvalue weighted by molar-refractivity contribution is 6.34. The molecule has 0 saturated heterocycles. The highest BCUT2D eigenvalue weighted by Gasteiger charge is 2.34. The molecule has 1 aliphatic carbocycles. The molecule has 0 saturated carbocycles. The van der Waals surface area contributed by atoms with E-state index in [2.05, 4.69) is 5.32 Å². The van der Waals surface area contributed by atoms with Crippen molar-refractivity contribution in [3.8, 4) is 34.1 Å². The van der Waals surface area contributed by atoms with Crippen LogP contribution in [0.5, 0.6) is 23.0 Å². The SMILES string of the molecule is COc1c(Cl)c2c(c(OC)c1OC)-c1ccc(OC)c(=O)cc1[C@@H](NC(=O)C(C)(C)CO)CC2. The summed E-state index contributed by atoms with van der Waals surface area (Å²) in [5.74, 6) is 0.884. The van der Waals surface area contributed by atoms with Gasteiger partial charge in [0.05, 0.1) is 51.5 Å². The van der Waals surface area contributed by atoms with Crippen molar-refractivity contribution in [3.05, 3.63) is 44.6 Å². The van der Waals surface area contributed by atoms with Gasteiger partial charge in [0.15, 0.2) is 17.2 Å². The van der Waals surface area contributed by atoms with E-state index in [-0.39, 0.29) is 23.7 Å². The average molecular weight is 492 g/mol. The summed E-state index contributed by atoms with van der Waals surface area (Å²) < 4.78 is 22.1. The lowest BCUT2D eigenvalue weighted by molar-refractivity contribution is -0.132. The van der Waals surface area contributed by atoms with E-state index in [0.717, 1.165) is 5.56 Å². The molecule has 0 aromatic heterocycles. The van der Waals surface area contributed by atoms with Crippen molar-refractivity contribution in [3.63, 3.8) is 0 Å². The predicted octanol–water partition coefficient (Wildman–Crippen LogP) is 3.52. The Kier molecular flexibility index (Phi) is 7.63. The Morgan fingerprint density at radius 2 is 1.74 bits per heavy atom. The number of aliphatic hydroxyl groups is 1. The Morgan fingerprint density at radius 1 is 1.09 bits per heavy atom. The number of carbonyl (C=O) groups is 1. The van der Waals surface area contributed by atoms with Crippen LogP contribution in [0, 0.1) is 5.41 Å². The largest absolute Gasteiger partial charge is 0.493 e. The highest BCUT2D eigenvalue weighted by Crippen LogP contribution is 2.54. The number of rotatable bonds is 7. The van der Waals surface area contributed by atoms with E-state index < -0.39 is 11.5 Å². The minimum absolute atomic E-state index is 0.154. The van der Waals surface area contributed by atoms with Crippen molar-refractivity contribution in [2.45, 2.75) is 32.7 Å². The predicted molar refractivity (Wildman–Crippen MR) is 129 cm³/mol. The van der Waals surface area contributed by atoms with Gasteiger partial charge in [0.1, 0.15) is 0 Å². The number of hydrogen-bond donors (Lipinski definition) is 2. The molecule has 1 aliphatic rings. The van der Waals surface area contributed by atoms with Crippen LogP contribution in [0.1, 0.15) is 37.4 Å². The van der Waals surface area contributed by atoms with Crippen molar-refractivity contribution in [1.29, 1.82) is 0 Å². The fourth-order valence-corrected chi connectivity index (χ4v) is 4.47. The fourth-order valence-electron chi connectivity index (χ4n) is 4.11. The summed E-state index contributed by atoms with van der Waals surface area (Å²) >= 11 is 6.78. The van der Waals surface area contributed by atoms with Gasteiger partial charge in [0, 0.05) is 5.56 Å². The summed E-state index contributed by atoms with van der Waals surface area (Å²) in [6.07, 6.45) is 0.899. The summed E-state index contributed by atoms with van der Waals surface area (Å²) in [5.41, 5.74) is 1.27. The first kappa shape index (κ1) is 25.6. The van der Waals surface area contributed by atoms with Crippen LogP contribution in [-0.4, -0.2) is 46.1 Å².